The SMILES string of the molecule is COc1cccc(-c2noc(COC(=O)c3cc(=O)c4ccccc4o3)n2)c1. The van der Waals surface area contributed by atoms with Gasteiger partial charge in [-0.1, -0.05) is 29.4 Å². The summed E-state index contributed by atoms with van der Waals surface area (Å²) in [6, 6.07) is 14.9. The highest BCUT2D eigenvalue weighted by molar-refractivity contribution is 5.88. The van der Waals surface area contributed by atoms with Crippen molar-refractivity contribution in [1.29, 1.82) is 0 Å². The first-order chi connectivity index (χ1) is 13.6. The van der Waals surface area contributed by atoms with Crippen LogP contribution in [0.3, 0.4) is 0 Å². The molecule has 0 atom stereocenters. The molecule has 0 aliphatic rings. The summed E-state index contributed by atoms with van der Waals surface area (Å²) in [4.78, 5) is 28.5. The van der Waals surface area contributed by atoms with E-state index in [0.717, 1.165) is 6.07 Å². The molecule has 0 radical (unpaired) electrons. The van der Waals surface area contributed by atoms with Crippen molar-refractivity contribution < 1.29 is 23.2 Å². The first kappa shape index (κ1) is 17.5. The Morgan fingerprint density at radius 3 is 2.82 bits per heavy atom. The van der Waals surface area contributed by atoms with Crippen LogP contribution in [0, 0.1) is 0 Å². The molecule has 4 rings (SSSR count). The van der Waals surface area contributed by atoms with Crippen LogP contribution in [-0.4, -0.2) is 23.2 Å². The zero-order chi connectivity index (χ0) is 19.5. The highest BCUT2D eigenvalue weighted by Crippen LogP contribution is 2.21. The maximum atomic E-state index is 12.2. The Morgan fingerprint density at radius 2 is 1.96 bits per heavy atom. The van der Waals surface area contributed by atoms with Gasteiger partial charge in [0.25, 0.3) is 5.89 Å². The molecule has 0 amide bonds. The lowest BCUT2D eigenvalue weighted by Gasteiger charge is -2.02. The molecular formula is C20H14N2O6. The maximum absolute atomic E-state index is 12.2. The van der Waals surface area contributed by atoms with E-state index in [1.165, 1.54) is 0 Å². The molecule has 28 heavy (non-hydrogen) atoms. The van der Waals surface area contributed by atoms with Crippen LogP contribution in [0.1, 0.15) is 16.4 Å². The molecule has 0 spiro atoms. The average Bonchev–Trinajstić information content (AvgIpc) is 3.21. The second-order valence-corrected chi connectivity index (χ2v) is 5.79. The van der Waals surface area contributed by atoms with Gasteiger partial charge in [0.1, 0.15) is 11.3 Å². The predicted octanol–water partition coefficient (Wildman–Crippen LogP) is 3.21. The quantitative estimate of drug-likeness (QED) is 0.488. The van der Waals surface area contributed by atoms with E-state index in [9.17, 15) is 9.59 Å². The summed E-state index contributed by atoms with van der Waals surface area (Å²) < 4.78 is 20.8. The second kappa shape index (κ2) is 7.36. The van der Waals surface area contributed by atoms with Crippen molar-refractivity contribution in [1.82, 2.24) is 10.1 Å². The van der Waals surface area contributed by atoms with Gasteiger partial charge < -0.3 is 18.4 Å². The molecule has 0 fully saturated rings. The van der Waals surface area contributed by atoms with Gasteiger partial charge in [-0.25, -0.2) is 4.79 Å². The van der Waals surface area contributed by atoms with E-state index >= 15 is 0 Å². The largest absolute Gasteiger partial charge is 0.497 e. The van der Waals surface area contributed by atoms with Crippen LogP contribution in [0.2, 0.25) is 0 Å². The van der Waals surface area contributed by atoms with Crippen LogP contribution in [0.25, 0.3) is 22.4 Å². The molecule has 0 saturated carbocycles. The number of para-hydroxylation sites is 1. The molecule has 0 aliphatic carbocycles. The van der Waals surface area contributed by atoms with E-state index in [1.807, 2.05) is 0 Å². The smallest absolute Gasteiger partial charge is 0.374 e. The van der Waals surface area contributed by atoms with Crippen molar-refractivity contribution in [2.45, 2.75) is 6.61 Å². The number of rotatable bonds is 5. The summed E-state index contributed by atoms with van der Waals surface area (Å²) >= 11 is 0. The van der Waals surface area contributed by atoms with Gasteiger partial charge in [0.05, 0.1) is 12.5 Å². The zero-order valence-corrected chi connectivity index (χ0v) is 14.7. The number of carbonyl (C=O) groups is 1. The Kier molecular flexibility index (Phi) is 4.59. The van der Waals surface area contributed by atoms with E-state index in [1.54, 1.807) is 55.6 Å². The minimum atomic E-state index is -0.802. The summed E-state index contributed by atoms with van der Waals surface area (Å²) in [5, 5.41) is 4.25. The monoisotopic (exact) mass is 378 g/mol. The molecule has 0 N–H and O–H groups in total. The molecule has 2 aromatic carbocycles. The zero-order valence-electron chi connectivity index (χ0n) is 14.7. The number of benzene rings is 2. The topological polar surface area (TPSA) is 105 Å². The molecule has 0 aliphatic heterocycles. The van der Waals surface area contributed by atoms with E-state index in [0.29, 0.717) is 28.1 Å². The van der Waals surface area contributed by atoms with E-state index in [2.05, 4.69) is 10.1 Å². The highest BCUT2D eigenvalue weighted by Gasteiger charge is 2.16. The first-order valence-electron chi connectivity index (χ1n) is 8.31. The van der Waals surface area contributed by atoms with Gasteiger partial charge in [-0.3, -0.25) is 4.79 Å². The average molecular weight is 378 g/mol. The number of nitrogens with zero attached hydrogens (tertiary/aromatic N) is 2. The lowest BCUT2D eigenvalue weighted by Crippen LogP contribution is -2.10. The van der Waals surface area contributed by atoms with Crippen LogP contribution >= 0.6 is 0 Å². The van der Waals surface area contributed by atoms with Gasteiger partial charge in [0, 0.05) is 11.6 Å². The fourth-order valence-electron chi connectivity index (χ4n) is 2.60. The Bertz CT molecular complexity index is 1210. The fraction of sp³-hybridized carbons (Fsp3) is 0.100. The van der Waals surface area contributed by atoms with E-state index in [-0.39, 0.29) is 23.7 Å². The van der Waals surface area contributed by atoms with Crippen molar-refractivity contribution in [3.05, 3.63) is 76.5 Å². The van der Waals surface area contributed by atoms with Gasteiger partial charge in [0.2, 0.25) is 11.6 Å². The first-order valence-corrected chi connectivity index (χ1v) is 8.31. The minimum Gasteiger partial charge on any atom is -0.497 e. The number of carbonyl (C=O) groups excluding carboxylic acids is 1. The summed E-state index contributed by atoms with van der Waals surface area (Å²) in [7, 11) is 1.56. The molecule has 140 valence electrons. The minimum absolute atomic E-state index is 0.106. The fourth-order valence-corrected chi connectivity index (χ4v) is 2.60. The maximum Gasteiger partial charge on any atom is 0.374 e. The Morgan fingerprint density at radius 1 is 1.11 bits per heavy atom. The molecule has 2 heterocycles. The van der Waals surface area contributed by atoms with Crippen LogP contribution in [0.5, 0.6) is 5.75 Å². The van der Waals surface area contributed by atoms with Gasteiger partial charge in [0.15, 0.2) is 12.0 Å². The number of fused-ring (bicyclic) bond motifs is 1. The van der Waals surface area contributed by atoms with Crippen LogP contribution in [0.4, 0.5) is 0 Å². The number of methoxy groups -OCH3 is 1. The number of ether oxygens (including phenoxy) is 2. The molecule has 8 heteroatoms. The number of hydrogen-bond donors (Lipinski definition) is 0. The van der Waals surface area contributed by atoms with Crippen molar-refractivity contribution in [3.8, 4) is 17.1 Å². The lowest BCUT2D eigenvalue weighted by molar-refractivity contribution is 0.0394. The molecule has 4 aromatic rings. The van der Waals surface area contributed by atoms with Gasteiger partial charge in [-0.05, 0) is 24.3 Å². The van der Waals surface area contributed by atoms with E-state index in [4.69, 9.17) is 18.4 Å². The highest BCUT2D eigenvalue weighted by atomic mass is 16.6. The summed E-state index contributed by atoms with van der Waals surface area (Å²) in [5.74, 6) is 0.0957. The summed E-state index contributed by atoms with van der Waals surface area (Å²) in [6.45, 7) is -0.258. The van der Waals surface area contributed by atoms with Crippen LogP contribution < -0.4 is 10.2 Å². The number of hydrogen-bond acceptors (Lipinski definition) is 8. The molecule has 8 nitrogen and oxygen atoms in total. The van der Waals surface area contributed by atoms with E-state index < -0.39 is 5.97 Å². The normalized spacial score (nSPS) is 10.8. The summed E-state index contributed by atoms with van der Waals surface area (Å²) in [5.41, 5.74) is 0.674. The van der Waals surface area contributed by atoms with Gasteiger partial charge in [-0.2, -0.15) is 4.98 Å². The van der Waals surface area contributed by atoms with Crippen LogP contribution in [0.15, 0.2) is 68.3 Å². The second-order valence-electron chi connectivity index (χ2n) is 5.79. The third-order valence-corrected chi connectivity index (χ3v) is 3.96. The third kappa shape index (κ3) is 3.48. The Balaban J connectivity index is 1.48. The predicted molar refractivity (Wildman–Crippen MR) is 97.9 cm³/mol. The number of esters is 1. The Labute approximate surface area is 158 Å². The van der Waals surface area contributed by atoms with Crippen molar-refractivity contribution in [2.75, 3.05) is 7.11 Å². The van der Waals surface area contributed by atoms with Gasteiger partial charge in [-0.15, -0.1) is 0 Å². The lowest BCUT2D eigenvalue weighted by atomic mass is 10.2. The molecule has 2 aromatic heterocycles. The summed E-state index contributed by atoms with van der Waals surface area (Å²) in [6.07, 6.45) is 0. The van der Waals surface area contributed by atoms with Crippen LogP contribution in [-0.2, 0) is 11.3 Å². The van der Waals surface area contributed by atoms with Gasteiger partial charge >= 0.3 is 5.97 Å². The molecule has 0 saturated heterocycles. The molecular weight excluding hydrogens is 364 g/mol. The van der Waals surface area contributed by atoms with Crippen molar-refractivity contribution >= 4 is 16.9 Å². The number of aromatic nitrogens is 2. The third-order valence-electron chi connectivity index (χ3n) is 3.96. The molecule has 0 unspecified atom stereocenters. The van der Waals surface area contributed by atoms with Crippen molar-refractivity contribution in [2.24, 2.45) is 0 Å². The molecule has 0 bridgehead atoms. The Hall–Kier alpha value is -3.94. The standard InChI is InChI=1S/C20H14N2O6/c1-25-13-6-4-5-12(9-13)19-21-18(28-22-19)11-26-20(24)17-10-15(23)14-7-2-3-8-16(14)27-17/h2-10H,11H2,1H3. The van der Waals surface area contributed by atoms with Crippen molar-refractivity contribution in [3.63, 3.8) is 0 Å².